The summed E-state index contributed by atoms with van der Waals surface area (Å²) in [7, 11) is -2.12. The summed E-state index contributed by atoms with van der Waals surface area (Å²) >= 11 is 0. The van der Waals surface area contributed by atoms with Crippen LogP contribution in [0, 0.1) is 0 Å². The van der Waals surface area contributed by atoms with Crippen molar-refractivity contribution < 1.29 is 12.8 Å². The fraction of sp³-hybridized carbons (Fsp3) is 0.611. The normalized spacial score (nSPS) is 17.6. The van der Waals surface area contributed by atoms with Crippen LogP contribution in [0.5, 0.6) is 0 Å². The number of sulfonamides is 1. The zero-order valence-corrected chi connectivity index (χ0v) is 17.2. The maximum atomic E-state index is 12.7. The molecule has 0 spiro atoms. The number of hydrogen-bond acceptors (Lipinski definition) is 6. The largest absolute Gasteiger partial charge is 0.419 e. The van der Waals surface area contributed by atoms with E-state index in [2.05, 4.69) is 35.3 Å². The summed E-state index contributed by atoms with van der Waals surface area (Å²) in [5.74, 6) is -0.514. The van der Waals surface area contributed by atoms with Gasteiger partial charge in [-0.05, 0) is 32.5 Å². The van der Waals surface area contributed by atoms with Crippen LogP contribution in [0.2, 0.25) is 0 Å². The summed E-state index contributed by atoms with van der Waals surface area (Å²) in [5.41, 5.74) is 0.532. The van der Waals surface area contributed by atoms with E-state index in [1.54, 1.807) is 13.1 Å². The predicted molar refractivity (Wildman–Crippen MR) is 104 cm³/mol. The van der Waals surface area contributed by atoms with Crippen LogP contribution in [-0.2, 0) is 17.1 Å². The molecule has 27 heavy (non-hydrogen) atoms. The number of piperazine rings is 1. The van der Waals surface area contributed by atoms with Crippen molar-refractivity contribution in [2.75, 3.05) is 39.3 Å². The Bertz CT molecular complexity index is 969. The second-order valence-corrected chi connectivity index (χ2v) is 9.38. The topological polar surface area (TPSA) is 87.8 Å². The van der Waals surface area contributed by atoms with E-state index in [1.165, 1.54) is 16.7 Å². The van der Waals surface area contributed by atoms with Gasteiger partial charge in [0, 0.05) is 51.4 Å². The zero-order chi connectivity index (χ0) is 19.8. The molecule has 8 nitrogen and oxygen atoms in total. The Morgan fingerprint density at radius 2 is 1.85 bits per heavy atom. The molecule has 0 aliphatic carbocycles. The molecule has 2 heterocycles. The molecular weight excluding hydrogens is 368 g/mol. The first-order chi connectivity index (χ1) is 12.6. The van der Waals surface area contributed by atoms with Crippen molar-refractivity contribution in [1.29, 1.82) is 0 Å². The lowest BCUT2D eigenvalue weighted by Crippen LogP contribution is -2.58. The smallest absolute Gasteiger partial charge is 0.408 e. The molecule has 9 heteroatoms. The first-order valence-corrected chi connectivity index (χ1v) is 10.7. The van der Waals surface area contributed by atoms with E-state index >= 15 is 0 Å². The van der Waals surface area contributed by atoms with E-state index in [0.717, 1.165) is 32.7 Å². The molecule has 0 radical (unpaired) electrons. The third-order valence-corrected chi connectivity index (χ3v) is 6.84. The molecule has 0 saturated carbocycles. The van der Waals surface area contributed by atoms with Crippen LogP contribution in [0.25, 0.3) is 11.1 Å². The average molecular weight is 397 g/mol. The molecule has 150 valence electrons. The fourth-order valence-electron chi connectivity index (χ4n) is 3.42. The van der Waals surface area contributed by atoms with Crippen molar-refractivity contribution in [2.24, 2.45) is 7.05 Å². The standard InChI is InChI=1S/C18H28N4O4S/c1-5-21-8-10-22(11-9-21)18(2,3)13-19-27(24,25)14-6-7-15-16(12-14)26-17(23)20(15)4/h6-7,12,19H,5,8-11,13H2,1-4H3. The summed E-state index contributed by atoms with van der Waals surface area (Å²) in [6, 6.07) is 4.47. The average Bonchev–Trinajstić information content (AvgIpc) is 2.94. The van der Waals surface area contributed by atoms with Gasteiger partial charge in [-0.15, -0.1) is 0 Å². The van der Waals surface area contributed by atoms with Crippen LogP contribution in [0.4, 0.5) is 0 Å². The number of fused-ring (bicyclic) bond motifs is 1. The van der Waals surface area contributed by atoms with E-state index in [-0.39, 0.29) is 16.0 Å². The van der Waals surface area contributed by atoms with Gasteiger partial charge >= 0.3 is 5.76 Å². The maximum absolute atomic E-state index is 12.7. The quantitative estimate of drug-likeness (QED) is 0.778. The summed E-state index contributed by atoms with van der Waals surface area (Å²) < 4.78 is 34.6. The van der Waals surface area contributed by atoms with Crippen molar-refractivity contribution in [1.82, 2.24) is 19.1 Å². The SMILES string of the molecule is CCN1CCN(C(C)(C)CNS(=O)(=O)c2ccc3c(c2)oc(=O)n3C)CC1. The zero-order valence-electron chi connectivity index (χ0n) is 16.4. The second-order valence-electron chi connectivity index (χ2n) is 7.61. The van der Waals surface area contributed by atoms with E-state index in [4.69, 9.17) is 4.42 Å². The van der Waals surface area contributed by atoms with Crippen molar-refractivity contribution >= 4 is 21.1 Å². The van der Waals surface area contributed by atoms with Crippen LogP contribution < -0.4 is 10.5 Å². The van der Waals surface area contributed by atoms with Gasteiger partial charge in [0.15, 0.2) is 5.58 Å². The monoisotopic (exact) mass is 396 g/mol. The number of aryl methyl sites for hydroxylation is 1. The first kappa shape index (κ1) is 20.1. The van der Waals surface area contributed by atoms with Gasteiger partial charge in [0.25, 0.3) is 0 Å². The number of nitrogens with one attached hydrogen (secondary N) is 1. The fourth-order valence-corrected chi connectivity index (χ4v) is 4.64. The van der Waals surface area contributed by atoms with Crippen LogP contribution in [0.15, 0.2) is 32.3 Å². The molecule has 1 aromatic heterocycles. The molecule has 1 N–H and O–H groups in total. The van der Waals surface area contributed by atoms with Gasteiger partial charge in [0.1, 0.15) is 0 Å². The van der Waals surface area contributed by atoms with Gasteiger partial charge < -0.3 is 9.32 Å². The number of aromatic nitrogens is 1. The number of rotatable bonds is 6. The minimum atomic E-state index is -3.70. The number of nitrogens with zero attached hydrogens (tertiary/aromatic N) is 3. The van der Waals surface area contributed by atoms with E-state index in [1.807, 2.05) is 0 Å². The molecule has 1 aliphatic rings. The molecule has 2 aromatic rings. The second kappa shape index (κ2) is 7.38. The van der Waals surface area contributed by atoms with Crippen molar-refractivity contribution in [3.05, 3.63) is 28.7 Å². The van der Waals surface area contributed by atoms with Crippen molar-refractivity contribution in [2.45, 2.75) is 31.2 Å². The van der Waals surface area contributed by atoms with Gasteiger partial charge in [0.2, 0.25) is 10.0 Å². The number of oxazole rings is 1. The Morgan fingerprint density at radius 3 is 2.48 bits per heavy atom. The van der Waals surface area contributed by atoms with Crippen molar-refractivity contribution in [3.8, 4) is 0 Å². The van der Waals surface area contributed by atoms with Crippen molar-refractivity contribution in [3.63, 3.8) is 0 Å². The molecule has 1 aromatic carbocycles. The lowest BCUT2D eigenvalue weighted by atomic mass is 10.0. The highest BCUT2D eigenvalue weighted by molar-refractivity contribution is 7.89. The Morgan fingerprint density at radius 1 is 1.19 bits per heavy atom. The van der Waals surface area contributed by atoms with Gasteiger partial charge in [-0.2, -0.15) is 0 Å². The molecule has 1 aliphatic heterocycles. The minimum absolute atomic E-state index is 0.0935. The number of likely N-dealkylation sites (N-methyl/N-ethyl adjacent to an activating group) is 1. The van der Waals surface area contributed by atoms with E-state index < -0.39 is 15.8 Å². The molecule has 1 saturated heterocycles. The molecule has 0 bridgehead atoms. The molecular formula is C18H28N4O4S. The lowest BCUT2D eigenvalue weighted by molar-refractivity contribution is 0.0571. The van der Waals surface area contributed by atoms with E-state index in [0.29, 0.717) is 12.1 Å². The van der Waals surface area contributed by atoms with Gasteiger partial charge in [-0.3, -0.25) is 9.47 Å². The van der Waals surface area contributed by atoms with Crippen LogP contribution >= 0.6 is 0 Å². The Labute approximate surface area is 159 Å². The van der Waals surface area contributed by atoms with Crippen LogP contribution in [-0.4, -0.2) is 67.6 Å². The summed E-state index contributed by atoms with van der Waals surface area (Å²) in [4.78, 5) is 16.4. The number of benzene rings is 1. The Kier molecular flexibility index (Phi) is 5.49. The molecule has 0 unspecified atom stereocenters. The van der Waals surface area contributed by atoms with Crippen LogP contribution in [0.3, 0.4) is 0 Å². The lowest BCUT2D eigenvalue weighted by Gasteiger charge is -2.44. The summed E-state index contributed by atoms with van der Waals surface area (Å²) in [5, 5.41) is 0. The third-order valence-electron chi connectivity index (χ3n) is 5.44. The van der Waals surface area contributed by atoms with Gasteiger partial charge in [-0.25, -0.2) is 17.9 Å². The van der Waals surface area contributed by atoms with E-state index in [9.17, 15) is 13.2 Å². The summed E-state index contributed by atoms with van der Waals surface area (Å²) in [6.45, 7) is 11.4. The predicted octanol–water partition coefficient (Wildman–Crippen LogP) is 0.826. The highest BCUT2D eigenvalue weighted by Gasteiger charge is 2.31. The highest BCUT2D eigenvalue weighted by Crippen LogP contribution is 2.20. The van der Waals surface area contributed by atoms with Crippen LogP contribution in [0.1, 0.15) is 20.8 Å². The van der Waals surface area contributed by atoms with Gasteiger partial charge in [-0.1, -0.05) is 6.92 Å². The molecule has 3 rings (SSSR count). The Balaban J connectivity index is 1.72. The molecule has 0 amide bonds. The third kappa shape index (κ3) is 4.11. The molecule has 1 fully saturated rings. The number of hydrogen-bond donors (Lipinski definition) is 1. The molecule has 0 atom stereocenters. The highest BCUT2D eigenvalue weighted by atomic mass is 32.2. The first-order valence-electron chi connectivity index (χ1n) is 9.21. The maximum Gasteiger partial charge on any atom is 0.419 e. The Hall–Kier alpha value is -1.68. The van der Waals surface area contributed by atoms with Gasteiger partial charge in [0.05, 0.1) is 10.4 Å². The minimum Gasteiger partial charge on any atom is -0.408 e. The summed E-state index contributed by atoms with van der Waals surface area (Å²) in [6.07, 6.45) is 0.